The van der Waals surface area contributed by atoms with Gasteiger partial charge in [-0.05, 0) is 59.2 Å². The van der Waals surface area contributed by atoms with Crippen LogP contribution in [-0.4, -0.2) is 48.6 Å². The molecule has 0 saturated heterocycles. The lowest BCUT2D eigenvalue weighted by Gasteiger charge is -2.24. The predicted octanol–water partition coefficient (Wildman–Crippen LogP) is 6.68. The van der Waals surface area contributed by atoms with Crippen LogP contribution in [0.25, 0.3) is 23.1 Å². The minimum atomic E-state index is -0.900. The number of hydrogen-bond donors (Lipinski definition) is 1. The van der Waals surface area contributed by atoms with Crippen LogP contribution in [0, 0.1) is 0 Å². The number of halogens is 1. The van der Waals surface area contributed by atoms with Gasteiger partial charge < -0.3 is 19.3 Å². The van der Waals surface area contributed by atoms with Crippen LogP contribution in [0.2, 0.25) is 5.02 Å². The number of methoxy groups -OCH3 is 2. The Labute approximate surface area is 248 Å². The van der Waals surface area contributed by atoms with E-state index in [9.17, 15) is 14.7 Å². The van der Waals surface area contributed by atoms with E-state index in [0.717, 1.165) is 27.7 Å². The third-order valence-corrected chi connectivity index (χ3v) is 7.83. The number of carbonyl (C=O) groups excluding carboxylic acids is 2. The SMILES string of the molecule is COC(=O)CCSC(c1cccc(OCC(=O)OC)c1)C(O)c1cccc(/C=C/c2ccc3ccc(Cl)cc3n2)c1. The fourth-order valence-electron chi connectivity index (χ4n) is 4.13. The van der Waals surface area contributed by atoms with Crippen LogP contribution in [0.3, 0.4) is 0 Å². The summed E-state index contributed by atoms with van der Waals surface area (Å²) in [6.45, 7) is -0.226. The van der Waals surface area contributed by atoms with Crippen LogP contribution >= 0.6 is 23.4 Å². The van der Waals surface area contributed by atoms with Crippen LogP contribution in [0.1, 0.15) is 40.2 Å². The zero-order valence-electron chi connectivity index (χ0n) is 22.7. The minimum absolute atomic E-state index is 0.204. The summed E-state index contributed by atoms with van der Waals surface area (Å²) in [4.78, 5) is 27.9. The number of benzene rings is 3. The summed E-state index contributed by atoms with van der Waals surface area (Å²) >= 11 is 7.57. The van der Waals surface area contributed by atoms with Gasteiger partial charge in [-0.2, -0.15) is 11.8 Å². The summed E-state index contributed by atoms with van der Waals surface area (Å²) in [5.74, 6) is 0.0999. The highest BCUT2D eigenvalue weighted by molar-refractivity contribution is 7.99. The molecule has 1 aromatic heterocycles. The fraction of sp³-hybridized carbons (Fsp3) is 0.219. The van der Waals surface area contributed by atoms with Gasteiger partial charge in [0.15, 0.2) is 6.61 Å². The average Bonchev–Trinajstić information content (AvgIpc) is 3.00. The maximum absolute atomic E-state index is 11.7. The number of thioether (sulfide) groups is 1. The second-order valence-corrected chi connectivity index (χ2v) is 10.8. The van der Waals surface area contributed by atoms with Gasteiger partial charge in [-0.15, -0.1) is 0 Å². The quantitative estimate of drug-likeness (QED) is 0.182. The first kappa shape index (κ1) is 30.1. The zero-order chi connectivity index (χ0) is 29.2. The molecule has 0 aliphatic carbocycles. The summed E-state index contributed by atoms with van der Waals surface area (Å²) in [7, 11) is 2.65. The molecular formula is C32H30ClNO6S. The minimum Gasteiger partial charge on any atom is -0.482 e. The summed E-state index contributed by atoms with van der Waals surface area (Å²) < 4.78 is 15.0. The van der Waals surface area contributed by atoms with Gasteiger partial charge in [0, 0.05) is 16.2 Å². The number of ether oxygens (including phenoxy) is 3. The van der Waals surface area contributed by atoms with Gasteiger partial charge >= 0.3 is 11.9 Å². The Kier molecular flexibility index (Phi) is 10.8. The van der Waals surface area contributed by atoms with Crippen LogP contribution < -0.4 is 4.74 Å². The largest absolute Gasteiger partial charge is 0.482 e. The van der Waals surface area contributed by atoms with Crippen molar-refractivity contribution in [2.45, 2.75) is 17.8 Å². The van der Waals surface area contributed by atoms with Gasteiger partial charge in [0.2, 0.25) is 0 Å². The Morgan fingerprint density at radius 1 is 0.927 bits per heavy atom. The first-order chi connectivity index (χ1) is 19.9. The van der Waals surface area contributed by atoms with Gasteiger partial charge in [0.1, 0.15) is 5.75 Å². The van der Waals surface area contributed by atoms with E-state index in [0.29, 0.717) is 22.1 Å². The van der Waals surface area contributed by atoms with E-state index in [2.05, 4.69) is 9.72 Å². The smallest absolute Gasteiger partial charge is 0.343 e. The van der Waals surface area contributed by atoms with Crippen molar-refractivity contribution in [2.24, 2.45) is 0 Å². The maximum atomic E-state index is 11.7. The Balaban J connectivity index is 1.56. The number of carbonyl (C=O) groups is 2. The van der Waals surface area contributed by atoms with Gasteiger partial charge in [0.25, 0.3) is 0 Å². The topological polar surface area (TPSA) is 95.0 Å². The molecule has 0 bridgehead atoms. The number of aromatic nitrogens is 1. The monoisotopic (exact) mass is 591 g/mol. The lowest BCUT2D eigenvalue weighted by molar-refractivity contribution is -0.143. The molecule has 1 heterocycles. The van der Waals surface area contributed by atoms with Crippen molar-refractivity contribution in [3.05, 3.63) is 106 Å². The van der Waals surface area contributed by atoms with E-state index in [1.807, 2.05) is 72.8 Å². The van der Waals surface area contributed by atoms with E-state index < -0.39 is 17.3 Å². The number of rotatable bonds is 12. The second kappa shape index (κ2) is 14.7. The van der Waals surface area contributed by atoms with E-state index in [-0.39, 0.29) is 19.0 Å². The third-order valence-electron chi connectivity index (χ3n) is 6.26. The Morgan fingerprint density at radius 3 is 2.49 bits per heavy atom. The summed E-state index contributed by atoms with van der Waals surface area (Å²) in [6.07, 6.45) is 3.16. The molecule has 3 aromatic carbocycles. The lowest BCUT2D eigenvalue weighted by atomic mass is 9.98. The molecule has 2 atom stereocenters. The van der Waals surface area contributed by atoms with E-state index in [4.69, 9.17) is 21.1 Å². The molecule has 0 aliphatic heterocycles. The number of esters is 2. The molecule has 4 rings (SSSR count). The molecule has 9 heteroatoms. The van der Waals surface area contributed by atoms with Crippen LogP contribution in [0.5, 0.6) is 5.75 Å². The van der Waals surface area contributed by atoms with E-state index in [1.165, 1.54) is 26.0 Å². The van der Waals surface area contributed by atoms with E-state index >= 15 is 0 Å². The number of nitrogens with zero attached hydrogens (tertiary/aromatic N) is 1. The zero-order valence-corrected chi connectivity index (χ0v) is 24.2. The molecule has 0 spiro atoms. The molecule has 0 aliphatic rings. The molecule has 1 N–H and O–H groups in total. The van der Waals surface area contributed by atoms with Crippen molar-refractivity contribution in [3.63, 3.8) is 0 Å². The first-order valence-electron chi connectivity index (χ1n) is 12.9. The third kappa shape index (κ3) is 8.57. The number of aliphatic hydroxyl groups excluding tert-OH is 1. The maximum Gasteiger partial charge on any atom is 0.343 e. The number of hydrogen-bond acceptors (Lipinski definition) is 8. The van der Waals surface area contributed by atoms with Crippen molar-refractivity contribution >= 4 is 58.4 Å². The number of aliphatic hydroxyl groups is 1. The molecule has 0 radical (unpaired) electrons. The number of fused-ring (bicyclic) bond motifs is 1. The van der Waals surface area contributed by atoms with Gasteiger partial charge in [-0.25, -0.2) is 9.78 Å². The summed E-state index contributed by atoms with van der Waals surface area (Å²) in [5.41, 5.74) is 3.98. The normalized spacial score (nSPS) is 12.7. The Morgan fingerprint density at radius 2 is 1.68 bits per heavy atom. The highest BCUT2D eigenvalue weighted by Gasteiger charge is 2.24. The fourth-order valence-corrected chi connectivity index (χ4v) is 5.51. The molecule has 7 nitrogen and oxygen atoms in total. The summed E-state index contributed by atoms with van der Waals surface area (Å²) in [5, 5.41) is 12.8. The Hall–Kier alpha value is -3.85. The van der Waals surface area contributed by atoms with Crippen molar-refractivity contribution in [1.29, 1.82) is 0 Å². The lowest BCUT2D eigenvalue weighted by Crippen LogP contribution is -2.13. The summed E-state index contributed by atoms with van der Waals surface area (Å²) in [6, 6.07) is 24.4. The molecular weight excluding hydrogens is 562 g/mol. The molecule has 212 valence electrons. The number of pyridine rings is 1. The first-order valence-corrected chi connectivity index (χ1v) is 14.3. The van der Waals surface area contributed by atoms with E-state index in [1.54, 1.807) is 18.2 Å². The van der Waals surface area contributed by atoms with Crippen LogP contribution in [0.4, 0.5) is 0 Å². The van der Waals surface area contributed by atoms with Crippen molar-refractivity contribution in [2.75, 3.05) is 26.6 Å². The molecule has 0 saturated carbocycles. The molecule has 0 fully saturated rings. The molecule has 2 unspecified atom stereocenters. The predicted molar refractivity (Wildman–Crippen MR) is 163 cm³/mol. The molecule has 4 aromatic rings. The van der Waals surface area contributed by atoms with Gasteiger partial charge in [0.05, 0.1) is 43.2 Å². The average molecular weight is 592 g/mol. The van der Waals surface area contributed by atoms with Crippen LogP contribution in [-0.2, 0) is 19.1 Å². The highest BCUT2D eigenvalue weighted by Crippen LogP contribution is 2.41. The highest BCUT2D eigenvalue weighted by atomic mass is 35.5. The second-order valence-electron chi connectivity index (χ2n) is 9.08. The van der Waals surface area contributed by atoms with Crippen LogP contribution in [0.15, 0.2) is 78.9 Å². The molecule has 0 amide bonds. The Bertz CT molecular complexity index is 1540. The van der Waals surface area contributed by atoms with Gasteiger partial charge in [-0.1, -0.05) is 60.1 Å². The molecule has 41 heavy (non-hydrogen) atoms. The van der Waals surface area contributed by atoms with Crippen molar-refractivity contribution < 1.29 is 28.9 Å². The van der Waals surface area contributed by atoms with Crippen molar-refractivity contribution in [1.82, 2.24) is 4.98 Å². The van der Waals surface area contributed by atoms with Crippen molar-refractivity contribution in [3.8, 4) is 5.75 Å². The van der Waals surface area contributed by atoms with Gasteiger partial charge in [-0.3, -0.25) is 4.79 Å². The standard InChI is InChI=1S/C32H30ClNO6S/c1-38-29(35)15-16-41-32(24-7-4-8-27(18-24)40-20-30(36)39-2)31(37)23-6-3-5-21(17-23)9-13-26-14-11-22-10-12-25(33)19-28(22)34-26/h3-14,17-19,31-32,37H,15-16,20H2,1-2H3/b13-9+.